The second-order valence-electron chi connectivity index (χ2n) is 6.42. The molecule has 1 atom stereocenters. The zero-order chi connectivity index (χ0) is 20.6. The van der Waals surface area contributed by atoms with E-state index < -0.39 is 22.0 Å². The van der Waals surface area contributed by atoms with Gasteiger partial charge >= 0.3 is 5.97 Å². The summed E-state index contributed by atoms with van der Waals surface area (Å²) >= 11 is 1.19. The topological polar surface area (TPSA) is 72.5 Å². The first kappa shape index (κ1) is 22.3. The molecule has 1 N–H and O–H groups in total. The molecular formula is C21H27NO4S2. The van der Waals surface area contributed by atoms with E-state index in [2.05, 4.69) is 24.6 Å². The summed E-state index contributed by atoms with van der Waals surface area (Å²) in [4.78, 5) is 11.7. The van der Waals surface area contributed by atoms with Crippen molar-refractivity contribution < 1.29 is 17.9 Å². The molecule has 0 saturated heterocycles. The number of hydrogen-bond donors (Lipinski definition) is 1. The molecule has 0 bridgehead atoms. The Morgan fingerprint density at radius 2 is 1.89 bits per heavy atom. The molecule has 0 unspecified atom stereocenters. The number of esters is 1. The maximum atomic E-state index is 12.9. The SMILES string of the molecule is CCCC=C(CCC)[C@@H](NS(=O)(=O)c1cccs1)c1ccc(C(=O)OC)cc1. The van der Waals surface area contributed by atoms with Crippen molar-refractivity contribution in [1.29, 1.82) is 0 Å². The highest BCUT2D eigenvalue weighted by Crippen LogP contribution is 2.29. The number of ether oxygens (including phenoxy) is 1. The molecule has 0 aliphatic heterocycles. The third-order valence-electron chi connectivity index (χ3n) is 4.30. The Morgan fingerprint density at radius 1 is 1.18 bits per heavy atom. The second-order valence-corrected chi connectivity index (χ2v) is 9.31. The van der Waals surface area contributed by atoms with Crippen molar-refractivity contribution in [2.24, 2.45) is 0 Å². The summed E-state index contributed by atoms with van der Waals surface area (Å²) < 4.78 is 33.7. The third kappa shape index (κ3) is 5.77. The highest BCUT2D eigenvalue weighted by Gasteiger charge is 2.25. The Morgan fingerprint density at radius 3 is 2.43 bits per heavy atom. The van der Waals surface area contributed by atoms with E-state index in [1.807, 2.05) is 0 Å². The molecule has 0 radical (unpaired) electrons. The number of nitrogens with one attached hydrogen (secondary N) is 1. The lowest BCUT2D eigenvalue weighted by Crippen LogP contribution is -2.29. The average molecular weight is 422 g/mol. The largest absolute Gasteiger partial charge is 0.465 e. The zero-order valence-corrected chi connectivity index (χ0v) is 18.1. The Hall–Kier alpha value is -1.96. The number of rotatable bonds is 10. The first-order chi connectivity index (χ1) is 13.4. The van der Waals surface area contributed by atoms with E-state index in [-0.39, 0.29) is 4.21 Å². The fraction of sp³-hybridized carbons (Fsp3) is 0.381. The van der Waals surface area contributed by atoms with Gasteiger partial charge in [0.2, 0.25) is 0 Å². The normalized spacial score (nSPS) is 13.3. The molecule has 0 fully saturated rings. The van der Waals surface area contributed by atoms with Crippen LogP contribution in [0.25, 0.3) is 0 Å². The van der Waals surface area contributed by atoms with E-state index in [0.717, 1.165) is 36.8 Å². The Kier molecular flexibility index (Phi) is 8.41. The molecule has 5 nitrogen and oxygen atoms in total. The molecule has 7 heteroatoms. The molecule has 0 aliphatic rings. The molecule has 0 spiro atoms. The smallest absolute Gasteiger partial charge is 0.337 e. The fourth-order valence-corrected chi connectivity index (χ4v) is 5.14. The highest BCUT2D eigenvalue weighted by molar-refractivity contribution is 7.91. The van der Waals surface area contributed by atoms with Crippen LogP contribution in [0.5, 0.6) is 0 Å². The maximum Gasteiger partial charge on any atom is 0.337 e. The number of benzene rings is 1. The number of hydrogen-bond acceptors (Lipinski definition) is 5. The van der Waals surface area contributed by atoms with Crippen LogP contribution in [-0.2, 0) is 14.8 Å². The number of allylic oxidation sites excluding steroid dienone is 1. The van der Waals surface area contributed by atoms with Crippen LogP contribution < -0.4 is 4.72 Å². The summed E-state index contributed by atoms with van der Waals surface area (Å²) in [5.74, 6) is -0.419. The van der Waals surface area contributed by atoms with Crippen LogP contribution in [0.2, 0.25) is 0 Å². The van der Waals surface area contributed by atoms with Crippen molar-refractivity contribution in [3.05, 3.63) is 64.6 Å². The Bertz CT molecular complexity index is 885. The number of sulfonamides is 1. The molecule has 152 valence electrons. The quantitative estimate of drug-likeness (QED) is 0.429. The van der Waals surface area contributed by atoms with E-state index in [1.54, 1.807) is 41.8 Å². The number of thiophene rings is 1. The fourth-order valence-electron chi connectivity index (χ4n) is 2.90. The average Bonchev–Trinajstić information content (AvgIpc) is 3.25. The van der Waals surface area contributed by atoms with E-state index in [9.17, 15) is 13.2 Å². The molecular weight excluding hydrogens is 394 g/mol. The van der Waals surface area contributed by atoms with E-state index >= 15 is 0 Å². The first-order valence-corrected chi connectivity index (χ1v) is 11.7. The summed E-state index contributed by atoms with van der Waals surface area (Å²) in [5.41, 5.74) is 2.26. The van der Waals surface area contributed by atoms with Gasteiger partial charge < -0.3 is 4.74 Å². The monoisotopic (exact) mass is 421 g/mol. The summed E-state index contributed by atoms with van der Waals surface area (Å²) in [6.45, 7) is 4.17. The first-order valence-electron chi connectivity index (χ1n) is 9.36. The molecule has 2 aromatic rings. The number of carbonyl (C=O) groups excluding carboxylic acids is 1. The number of carbonyl (C=O) groups is 1. The maximum absolute atomic E-state index is 12.9. The van der Waals surface area contributed by atoms with E-state index in [1.165, 1.54) is 18.4 Å². The minimum Gasteiger partial charge on any atom is -0.465 e. The van der Waals surface area contributed by atoms with Gasteiger partial charge in [0.1, 0.15) is 4.21 Å². The van der Waals surface area contributed by atoms with Crippen molar-refractivity contribution in [2.75, 3.05) is 7.11 Å². The highest BCUT2D eigenvalue weighted by atomic mass is 32.2. The van der Waals surface area contributed by atoms with Gasteiger partial charge in [-0.2, -0.15) is 4.72 Å². The molecule has 1 heterocycles. The van der Waals surface area contributed by atoms with Gasteiger partial charge in [-0.05, 0) is 42.0 Å². The van der Waals surface area contributed by atoms with Gasteiger partial charge in [-0.3, -0.25) is 0 Å². The standard InChI is InChI=1S/C21H27NO4S2/c1-4-6-9-16(8-5-2)20(22-28(24,25)19-10-7-15-27-19)17-11-13-18(14-12-17)21(23)26-3/h7,9-15,20,22H,4-6,8H2,1-3H3/t20-/m1/s1. The lowest BCUT2D eigenvalue weighted by Gasteiger charge is -2.22. The predicted molar refractivity (Wildman–Crippen MR) is 113 cm³/mol. The molecule has 1 aromatic heterocycles. The summed E-state index contributed by atoms with van der Waals surface area (Å²) in [5, 5.41) is 1.74. The van der Waals surface area contributed by atoms with Gasteiger partial charge in [-0.25, -0.2) is 13.2 Å². The second kappa shape index (κ2) is 10.5. The Labute approximate surface area is 171 Å². The van der Waals surface area contributed by atoms with Gasteiger partial charge in [0.25, 0.3) is 10.0 Å². The molecule has 0 saturated carbocycles. The molecule has 1 aromatic carbocycles. The number of unbranched alkanes of at least 4 members (excludes halogenated alkanes) is 1. The van der Waals surface area contributed by atoms with Crippen molar-refractivity contribution in [3.8, 4) is 0 Å². The molecule has 0 aliphatic carbocycles. The summed E-state index contributed by atoms with van der Waals surface area (Å²) in [6.07, 6.45) is 5.69. The lowest BCUT2D eigenvalue weighted by molar-refractivity contribution is 0.0600. The summed E-state index contributed by atoms with van der Waals surface area (Å²) in [7, 11) is -2.31. The van der Waals surface area contributed by atoms with E-state index in [4.69, 9.17) is 4.74 Å². The van der Waals surface area contributed by atoms with Crippen LogP contribution in [0.1, 0.15) is 61.5 Å². The molecule has 2 rings (SSSR count). The molecule has 0 amide bonds. The van der Waals surface area contributed by atoms with Crippen molar-refractivity contribution in [2.45, 2.75) is 49.8 Å². The summed E-state index contributed by atoms with van der Waals surface area (Å²) in [6, 6.07) is 9.73. The minimum atomic E-state index is -3.65. The van der Waals surface area contributed by atoms with Crippen molar-refractivity contribution in [3.63, 3.8) is 0 Å². The van der Waals surface area contributed by atoms with Gasteiger partial charge in [0, 0.05) is 0 Å². The van der Waals surface area contributed by atoms with Crippen LogP contribution in [0.15, 0.2) is 57.6 Å². The van der Waals surface area contributed by atoms with Gasteiger partial charge in [0.15, 0.2) is 0 Å². The van der Waals surface area contributed by atoms with Crippen LogP contribution in [0, 0.1) is 0 Å². The van der Waals surface area contributed by atoms with Crippen molar-refractivity contribution in [1.82, 2.24) is 4.72 Å². The van der Waals surface area contributed by atoms with Crippen LogP contribution >= 0.6 is 11.3 Å². The van der Waals surface area contributed by atoms with Gasteiger partial charge in [-0.15, -0.1) is 11.3 Å². The minimum absolute atomic E-state index is 0.287. The van der Waals surface area contributed by atoms with Crippen molar-refractivity contribution >= 4 is 27.3 Å². The number of methoxy groups -OCH3 is 1. The van der Waals surface area contributed by atoms with Crippen LogP contribution in [0.3, 0.4) is 0 Å². The van der Waals surface area contributed by atoms with Gasteiger partial charge in [-0.1, -0.05) is 56.5 Å². The predicted octanol–water partition coefficient (Wildman–Crippen LogP) is 5.08. The van der Waals surface area contributed by atoms with Gasteiger partial charge in [0.05, 0.1) is 18.7 Å². The van der Waals surface area contributed by atoms with Crippen LogP contribution in [0.4, 0.5) is 0 Å². The zero-order valence-electron chi connectivity index (χ0n) is 16.5. The third-order valence-corrected chi connectivity index (χ3v) is 7.12. The lowest BCUT2D eigenvalue weighted by atomic mass is 9.94. The Balaban J connectivity index is 2.44. The molecule has 28 heavy (non-hydrogen) atoms. The van der Waals surface area contributed by atoms with Crippen LogP contribution in [-0.4, -0.2) is 21.5 Å². The van der Waals surface area contributed by atoms with E-state index in [0.29, 0.717) is 5.56 Å².